The molecule has 1 aliphatic heterocycles. The van der Waals surface area contributed by atoms with Crippen LogP contribution in [0.4, 0.5) is 0 Å². The van der Waals surface area contributed by atoms with Crippen molar-refractivity contribution in [2.45, 2.75) is 71.3 Å². The molecule has 0 aromatic heterocycles. The van der Waals surface area contributed by atoms with Crippen LogP contribution >= 0.6 is 0 Å². The van der Waals surface area contributed by atoms with E-state index in [9.17, 15) is 4.79 Å². The highest BCUT2D eigenvalue weighted by Crippen LogP contribution is 2.32. The van der Waals surface area contributed by atoms with Crippen molar-refractivity contribution < 1.29 is 4.79 Å². The summed E-state index contributed by atoms with van der Waals surface area (Å²) < 4.78 is 0. The molecule has 1 heterocycles. The van der Waals surface area contributed by atoms with Crippen LogP contribution in [-0.2, 0) is 4.79 Å². The predicted octanol–water partition coefficient (Wildman–Crippen LogP) is 3.65. The van der Waals surface area contributed by atoms with E-state index in [2.05, 4.69) is 18.7 Å². The normalized spacial score (nSPS) is 34.1. The minimum Gasteiger partial charge on any atom is -0.300 e. The summed E-state index contributed by atoms with van der Waals surface area (Å²) in [6, 6.07) is 0.754. The molecule has 0 N–H and O–H groups in total. The highest BCUT2D eigenvalue weighted by molar-refractivity contribution is 5.82. The van der Waals surface area contributed by atoms with Gasteiger partial charge in [0.25, 0.3) is 0 Å². The first-order chi connectivity index (χ1) is 8.74. The Balaban J connectivity index is 1.88. The van der Waals surface area contributed by atoms with Crippen molar-refractivity contribution in [2.24, 2.45) is 11.8 Å². The standard InChI is InChI=1S/C16H29NO/c1-3-6-13-8-9-16(18)14(11-13)12-17-10-5-7-15(17)4-2/h13-15H,3-12H2,1-2H3. The van der Waals surface area contributed by atoms with Crippen molar-refractivity contribution in [3.63, 3.8) is 0 Å². The summed E-state index contributed by atoms with van der Waals surface area (Å²) in [5.41, 5.74) is 0. The van der Waals surface area contributed by atoms with Crippen LogP contribution in [0.3, 0.4) is 0 Å². The van der Waals surface area contributed by atoms with Crippen LogP contribution in [0.2, 0.25) is 0 Å². The highest BCUT2D eigenvalue weighted by atomic mass is 16.1. The minimum absolute atomic E-state index is 0.349. The van der Waals surface area contributed by atoms with Gasteiger partial charge in [0, 0.05) is 24.9 Å². The SMILES string of the molecule is CCCC1CCC(=O)C(CN2CCCC2CC)C1. The number of likely N-dealkylation sites (tertiary alicyclic amines) is 1. The molecule has 0 bridgehead atoms. The van der Waals surface area contributed by atoms with Gasteiger partial charge in [0.2, 0.25) is 0 Å². The molecule has 3 unspecified atom stereocenters. The molecule has 104 valence electrons. The van der Waals surface area contributed by atoms with Gasteiger partial charge in [0.05, 0.1) is 0 Å². The number of carbonyl (C=O) groups is 1. The summed E-state index contributed by atoms with van der Waals surface area (Å²) >= 11 is 0. The van der Waals surface area contributed by atoms with Gasteiger partial charge in [0.15, 0.2) is 0 Å². The van der Waals surface area contributed by atoms with E-state index in [0.717, 1.165) is 31.3 Å². The van der Waals surface area contributed by atoms with Crippen LogP contribution in [0.5, 0.6) is 0 Å². The van der Waals surface area contributed by atoms with Crippen molar-refractivity contribution in [3.05, 3.63) is 0 Å². The maximum atomic E-state index is 12.1. The lowest BCUT2D eigenvalue weighted by Gasteiger charge is -2.33. The highest BCUT2D eigenvalue weighted by Gasteiger charge is 2.32. The summed E-state index contributed by atoms with van der Waals surface area (Å²) in [5.74, 6) is 1.71. The second-order valence-corrected chi connectivity index (χ2v) is 6.29. The van der Waals surface area contributed by atoms with Crippen LogP contribution in [0, 0.1) is 11.8 Å². The number of Topliss-reactive ketones (excluding diaryl/α,β-unsaturated/α-hetero) is 1. The molecule has 1 saturated heterocycles. The lowest BCUT2D eigenvalue weighted by atomic mass is 9.78. The molecule has 2 fully saturated rings. The fourth-order valence-corrected chi connectivity index (χ4v) is 3.93. The van der Waals surface area contributed by atoms with Crippen molar-refractivity contribution in [1.29, 1.82) is 0 Å². The molecule has 18 heavy (non-hydrogen) atoms. The molecule has 1 aliphatic carbocycles. The van der Waals surface area contributed by atoms with Gasteiger partial charge in [-0.1, -0.05) is 26.7 Å². The quantitative estimate of drug-likeness (QED) is 0.743. The molecule has 0 spiro atoms. The zero-order chi connectivity index (χ0) is 13.0. The molecular formula is C16H29NO. The van der Waals surface area contributed by atoms with Crippen LogP contribution in [0.1, 0.15) is 65.2 Å². The van der Waals surface area contributed by atoms with E-state index in [1.165, 1.54) is 45.1 Å². The van der Waals surface area contributed by atoms with E-state index in [1.54, 1.807) is 0 Å². The van der Waals surface area contributed by atoms with E-state index < -0.39 is 0 Å². The van der Waals surface area contributed by atoms with Crippen molar-refractivity contribution in [1.82, 2.24) is 4.90 Å². The third-order valence-electron chi connectivity index (χ3n) is 4.99. The van der Waals surface area contributed by atoms with Gasteiger partial charge in [-0.2, -0.15) is 0 Å². The van der Waals surface area contributed by atoms with Crippen molar-refractivity contribution in [3.8, 4) is 0 Å². The summed E-state index contributed by atoms with van der Waals surface area (Å²) in [6.07, 6.45) is 9.68. The summed E-state index contributed by atoms with van der Waals surface area (Å²) in [4.78, 5) is 14.7. The summed E-state index contributed by atoms with van der Waals surface area (Å²) in [5, 5.41) is 0. The molecule has 0 radical (unpaired) electrons. The van der Waals surface area contributed by atoms with E-state index >= 15 is 0 Å². The number of rotatable bonds is 5. The Kier molecular flexibility index (Phi) is 5.23. The molecule has 1 saturated carbocycles. The third kappa shape index (κ3) is 3.34. The first kappa shape index (κ1) is 14.0. The largest absolute Gasteiger partial charge is 0.300 e. The Morgan fingerprint density at radius 3 is 2.83 bits per heavy atom. The molecular weight excluding hydrogens is 222 g/mol. The topological polar surface area (TPSA) is 20.3 Å². The van der Waals surface area contributed by atoms with Crippen molar-refractivity contribution in [2.75, 3.05) is 13.1 Å². The summed E-state index contributed by atoms with van der Waals surface area (Å²) in [7, 11) is 0. The number of ketones is 1. The average Bonchev–Trinajstić information content (AvgIpc) is 2.81. The van der Waals surface area contributed by atoms with E-state index in [4.69, 9.17) is 0 Å². The minimum atomic E-state index is 0.349. The molecule has 2 heteroatoms. The van der Waals surface area contributed by atoms with Gasteiger partial charge in [-0.25, -0.2) is 0 Å². The van der Waals surface area contributed by atoms with Crippen LogP contribution in [0.25, 0.3) is 0 Å². The number of carbonyl (C=O) groups excluding carboxylic acids is 1. The van der Waals surface area contributed by atoms with Gasteiger partial charge in [-0.05, 0) is 44.6 Å². The van der Waals surface area contributed by atoms with Gasteiger partial charge < -0.3 is 0 Å². The lowest BCUT2D eigenvalue weighted by Crippen LogP contribution is -2.39. The molecule has 2 aliphatic rings. The van der Waals surface area contributed by atoms with E-state index in [-0.39, 0.29) is 0 Å². The molecule has 2 rings (SSSR count). The number of nitrogens with zero attached hydrogens (tertiary/aromatic N) is 1. The first-order valence-electron chi connectivity index (χ1n) is 8.01. The molecule has 3 atom stereocenters. The van der Waals surface area contributed by atoms with Crippen LogP contribution < -0.4 is 0 Å². The maximum absolute atomic E-state index is 12.1. The van der Waals surface area contributed by atoms with Gasteiger partial charge >= 0.3 is 0 Å². The van der Waals surface area contributed by atoms with Crippen LogP contribution in [-0.4, -0.2) is 29.8 Å². The Morgan fingerprint density at radius 2 is 2.11 bits per heavy atom. The smallest absolute Gasteiger partial charge is 0.137 e. The Bertz CT molecular complexity index is 276. The van der Waals surface area contributed by atoms with E-state index in [1.807, 2.05) is 0 Å². The Labute approximate surface area is 112 Å². The second kappa shape index (κ2) is 6.70. The summed E-state index contributed by atoms with van der Waals surface area (Å²) in [6.45, 7) is 6.82. The monoisotopic (exact) mass is 251 g/mol. The number of hydrogen-bond acceptors (Lipinski definition) is 2. The molecule has 0 aromatic carbocycles. The van der Waals surface area contributed by atoms with Gasteiger partial charge in [0.1, 0.15) is 5.78 Å². The lowest BCUT2D eigenvalue weighted by molar-refractivity contribution is -0.126. The fraction of sp³-hybridized carbons (Fsp3) is 0.938. The Morgan fingerprint density at radius 1 is 1.28 bits per heavy atom. The van der Waals surface area contributed by atoms with Crippen molar-refractivity contribution >= 4 is 5.78 Å². The maximum Gasteiger partial charge on any atom is 0.137 e. The van der Waals surface area contributed by atoms with Crippen LogP contribution in [0.15, 0.2) is 0 Å². The molecule has 0 amide bonds. The zero-order valence-corrected chi connectivity index (χ0v) is 12.2. The first-order valence-corrected chi connectivity index (χ1v) is 8.01. The zero-order valence-electron chi connectivity index (χ0n) is 12.2. The molecule has 2 nitrogen and oxygen atoms in total. The average molecular weight is 251 g/mol. The van der Waals surface area contributed by atoms with E-state index in [0.29, 0.717) is 11.7 Å². The third-order valence-corrected chi connectivity index (χ3v) is 4.99. The Hall–Kier alpha value is -0.370. The predicted molar refractivity (Wildman–Crippen MR) is 75.6 cm³/mol. The molecule has 0 aromatic rings. The second-order valence-electron chi connectivity index (χ2n) is 6.29. The van der Waals surface area contributed by atoms with Gasteiger partial charge in [-0.3, -0.25) is 9.69 Å². The fourth-order valence-electron chi connectivity index (χ4n) is 3.93. The number of hydrogen-bond donors (Lipinski definition) is 0. The van der Waals surface area contributed by atoms with Gasteiger partial charge in [-0.15, -0.1) is 0 Å².